The van der Waals surface area contributed by atoms with Crippen LogP contribution in [-0.2, 0) is 4.79 Å². The number of rotatable bonds is 5. The van der Waals surface area contributed by atoms with E-state index in [-0.39, 0.29) is 17.9 Å². The van der Waals surface area contributed by atoms with Crippen LogP contribution in [0.5, 0.6) is 0 Å². The molecule has 1 amide bonds. The topological polar surface area (TPSA) is 47.3 Å². The quantitative estimate of drug-likeness (QED) is 0.766. The molecule has 1 rings (SSSR count). The molecular weight excluding hydrogens is 238 g/mol. The number of hydrogen-bond acceptors (Lipinski definition) is 3. The van der Waals surface area contributed by atoms with Gasteiger partial charge in [0.2, 0.25) is 5.91 Å². The molecule has 0 N–H and O–H groups in total. The Balaban J connectivity index is 2.59. The van der Waals surface area contributed by atoms with Crippen molar-refractivity contribution in [2.24, 2.45) is 5.92 Å². The number of likely N-dealkylation sites (N-methyl/N-ethyl adjacent to an activating group) is 1. The van der Waals surface area contributed by atoms with Crippen molar-refractivity contribution in [1.29, 1.82) is 5.26 Å². The SMILES string of the molecule is CCN(CC(C)C#N)C(C)C(=O)N1CCCCCC1. The zero-order chi connectivity index (χ0) is 14.3. The zero-order valence-corrected chi connectivity index (χ0v) is 12.6. The first-order valence-electron chi connectivity index (χ1n) is 7.52. The third-order valence-electron chi connectivity index (χ3n) is 3.96. The number of likely N-dealkylation sites (tertiary alicyclic amines) is 1. The van der Waals surface area contributed by atoms with Gasteiger partial charge in [-0.25, -0.2) is 0 Å². The highest BCUT2D eigenvalue weighted by Gasteiger charge is 2.26. The Morgan fingerprint density at radius 3 is 2.32 bits per heavy atom. The molecule has 0 saturated carbocycles. The number of carbonyl (C=O) groups is 1. The first-order chi connectivity index (χ1) is 9.10. The van der Waals surface area contributed by atoms with Crippen molar-refractivity contribution in [3.05, 3.63) is 0 Å². The minimum absolute atomic E-state index is 0.0284. The van der Waals surface area contributed by atoms with Crippen molar-refractivity contribution in [3.63, 3.8) is 0 Å². The predicted octanol–water partition coefficient (Wildman–Crippen LogP) is 2.26. The molecule has 0 aliphatic carbocycles. The Labute approximate surface area is 117 Å². The van der Waals surface area contributed by atoms with Crippen LogP contribution in [0.4, 0.5) is 0 Å². The molecule has 0 aromatic carbocycles. The number of amides is 1. The van der Waals surface area contributed by atoms with Gasteiger partial charge in [-0.3, -0.25) is 9.69 Å². The number of hydrogen-bond donors (Lipinski definition) is 0. The van der Waals surface area contributed by atoms with Crippen LogP contribution < -0.4 is 0 Å². The van der Waals surface area contributed by atoms with Crippen LogP contribution in [0.25, 0.3) is 0 Å². The van der Waals surface area contributed by atoms with E-state index < -0.39 is 0 Å². The van der Waals surface area contributed by atoms with E-state index in [2.05, 4.69) is 17.9 Å². The Hall–Kier alpha value is -1.08. The Bertz CT molecular complexity index is 316. The van der Waals surface area contributed by atoms with Crippen molar-refractivity contribution in [3.8, 4) is 6.07 Å². The van der Waals surface area contributed by atoms with Crippen LogP contribution in [0, 0.1) is 17.2 Å². The summed E-state index contributed by atoms with van der Waals surface area (Å²) in [4.78, 5) is 16.6. The lowest BCUT2D eigenvalue weighted by Crippen LogP contribution is -2.48. The first kappa shape index (κ1) is 16.0. The van der Waals surface area contributed by atoms with Crippen LogP contribution in [0.3, 0.4) is 0 Å². The molecule has 0 spiro atoms. The second-order valence-electron chi connectivity index (χ2n) is 5.53. The second kappa shape index (κ2) is 8.16. The van der Waals surface area contributed by atoms with Gasteiger partial charge in [0.05, 0.1) is 18.0 Å². The van der Waals surface area contributed by atoms with Crippen LogP contribution in [-0.4, -0.2) is 47.9 Å². The number of carbonyl (C=O) groups excluding carboxylic acids is 1. The van der Waals surface area contributed by atoms with Gasteiger partial charge in [-0.15, -0.1) is 0 Å². The van der Waals surface area contributed by atoms with Crippen molar-refractivity contribution in [2.45, 2.75) is 52.5 Å². The monoisotopic (exact) mass is 265 g/mol. The van der Waals surface area contributed by atoms with Gasteiger partial charge < -0.3 is 4.90 Å². The molecule has 0 aromatic heterocycles. The molecule has 108 valence electrons. The van der Waals surface area contributed by atoms with Gasteiger partial charge in [0.1, 0.15) is 0 Å². The summed E-state index contributed by atoms with van der Waals surface area (Å²) in [5, 5.41) is 8.91. The summed E-state index contributed by atoms with van der Waals surface area (Å²) in [6.07, 6.45) is 4.72. The normalized spacial score (nSPS) is 19.6. The fraction of sp³-hybridized carbons (Fsp3) is 0.867. The first-order valence-corrected chi connectivity index (χ1v) is 7.52. The predicted molar refractivity (Wildman–Crippen MR) is 76.5 cm³/mol. The lowest BCUT2D eigenvalue weighted by Gasteiger charge is -2.32. The van der Waals surface area contributed by atoms with Crippen molar-refractivity contribution in [2.75, 3.05) is 26.2 Å². The highest BCUT2D eigenvalue weighted by atomic mass is 16.2. The van der Waals surface area contributed by atoms with Crippen LogP contribution in [0.2, 0.25) is 0 Å². The van der Waals surface area contributed by atoms with E-state index in [4.69, 9.17) is 5.26 Å². The number of nitrogens with zero attached hydrogens (tertiary/aromatic N) is 3. The molecule has 19 heavy (non-hydrogen) atoms. The van der Waals surface area contributed by atoms with Crippen LogP contribution in [0.15, 0.2) is 0 Å². The third-order valence-corrected chi connectivity index (χ3v) is 3.96. The largest absolute Gasteiger partial charge is 0.341 e. The highest BCUT2D eigenvalue weighted by Crippen LogP contribution is 2.13. The molecule has 2 atom stereocenters. The van der Waals surface area contributed by atoms with Crippen LogP contribution >= 0.6 is 0 Å². The minimum atomic E-state index is -0.112. The summed E-state index contributed by atoms with van der Waals surface area (Å²) in [5.41, 5.74) is 0. The fourth-order valence-electron chi connectivity index (χ4n) is 2.67. The smallest absolute Gasteiger partial charge is 0.239 e. The van der Waals surface area contributed by atoms with E-state index >= 15 is 0 Å². The van der Waals surface area contributed by atoms with E-state index in [1.165, 1.54) is 12.8 Å². The average Bonchev–Trinajstić information content (AvgIpc) is 2.71. The Kier molecular flexibility index (Phi) is 6.86. The number of nitriles is 1. The summed E-state index contributed by atoms with van der Waals surface area (Å²) in [5.74, 6) is 0.202. The molecule has 0 bridgehead atoms. The van der Waals surface area contributed by atoms with Gasteiger partial charge in [-0.2, -0.15) is 5.26 Å². The summed E-state index contributed by atoms with van der Waals surface area (Å²) < 4.78 is 0. The maximum Gasteiger partial charge on any atom is 0.239 e. The van der Waals surface area contributed by atoms with E-state index in [0.717, 1.165) is 32.5 Å². The fourth-order valence-corrected chi connectivity index (χ4v) is 2.67. The van der Waals surface area contributed by atoms with Crippen molar-refractivity contribution < 1.29 is 4.79 Å². The summed E-state index contributed by atoms with van der Waals surface area (Å²) >= 11 is 0. The minimum Gasteiger partial charge on any atom is -0.341 e. The van der Waals surface area contributed by atoms with Gasteiger partial charge >= 0.3 is 0 Å². The van der Waals surface area contributed by atoms with Gasteiger partial charge in [0.25, 0.3) is 0 Å². The third kappa shape index (κ3) is 4.83. The summed E-state index contributed by atoms with van der Waals surface area (Å²) in [7, 11) is 0. The molecule has 2 unspecified atom stereocenters. The average molecular weight is 265 g/mol. The highest BCUT2D eigenvalue weighted by molar-refractivity contribution is 5.81. The molecular formula is C15H27N3O. The molecule has 1 heterocycles. The molecule has 0 aromatic rings. The maximum atomic E-state index is 12.5. The Morgan fingerprint density at radius 2 is 1.84 bits per heavy atom. The molecule has 1 saturated heterocycles. The van der Waals surface area contributed by atoms with Crippen LogP contribution in [0.1, 0.15) is 46.5 Å². The lowest BCUT2D eigenvalue weighted by molar-refractivity contribution is -0.136. The molecule has 4 heteroatoms. The standard InChI is InChI=1S/C15H27N3O/c1-4-17(12-13(2)11-16)14(3)15(19)18-9-7-5-6-8-10-18/h13-14H,4-10,12H2,1-3H3. The Morgan fingerprint density at radius 1 is 1.26 bits per heavy atom. The molecule has 4 nitrogen and oxygen atoms in total. The van der Waals surface area contributed by atoms with Gasteiger partial charge in [-0.05, 0) is 33.2 Å². The van der Waals surface area contributed by atoms with Gasteiger partial charge in [0.15, 0.2) is 0 Å². The molecule has 1 aliphatic heterocycles. The van der Waals surface area contributed by atoms with E-state index in [9.17, 15) is 4.79 Å². The van der Waals surface area contributed by atoms with E-state index in [1.807, 2.05) is 18.7 Å². The second-order valence-corrected chi connectivity index (χ2v) is 5.53. The zero-order valence-electron chi connectivity index (χ0n) is 12.6. The van der Waals surface area contributed by atoms with Crippen molar-refractivity contribution in [1.82, 2.24) is 9.80 Å². The summed E-state index contributed by atoms with van der Waals surface area (Å²) in [6.45, 7) is 9.21. The van der Waals surface area contributed by atoms with Gasteiger partial charge in [-0.1, -0.05) is 19.8 Å². The van der Waals surface area contributed by atoms with Crippen molar-refractivity contribution >= 4 is 5.91 Å². The summed E-state index contributed by atoms with van der Waals surface area (Å²) in [6, 6.07) is 2.13. The molecule has 1 aliphatic rings. The molecule has 1 fully saturated rings. The lowest BCUT2D eigenvalue weighted by atomic mass is 10.1. The van der Waals surface area contributed by atoms with E-state index in [0.29, 0.717) is 6.54 Å². The molecule has 0 radical (unpaired) electrons. The van der Waals surface area contributed by atoms with E-state index in [1.54, 1.807) is 0 Å². The maximum absolute atomic E-state index is 12.5. The van der Waals surface area contributed by atoms with Gasteiger partial charge in [0, 0.05) is 19.6 Å².